The maximum atomic E-state index is 11.8. The fraction of sp³-hybridized carbons (Fsp3) is 0.385. The van der Waals surface area contributed by atoms with Gasteiger partial charge >= 0.3 is 5.97 Å². The summed E-state index contributed by atoms with van der Waals surface area (Å²) in [6, 6.07) is 4.12. The topological polar surface area (TPSA) is 63.6 Å². The first-order valence-corrected chi connectivity index (χ1v) is 6.18. The van der Waals surface area contributed by atoms with Gasteiger partial charge in [-0.25, -0.2) is 4.79 Å². The molecule has 0 heterocycles. The van der Waals surface area contributed by atoms with Crippen LogP contribution in [0.15, 0.2) is 18.2 Å². The van der Waals surface area contributed by atoms with E-state index in [1.165, 1.54) is 18.2 Å². The summed E-state index contributed by atoms with van der Waals surface area (Å²) in [7, 11) is 0. The van der Waals surface area contributed by atoms with E-state index in [-0.39, 0.29) is 17.1 Å². The fourth-order valence-electron chi connectivity index (χ4n) is 1.94. The molecule has 1 saturated carbocycles. The number of phenols is 1. The number of ketones is 1. The number of aromatic hydroxyl groups is 1. The summed E-state index contributed by atoms with van der Waals surface area (Å²) in [6.45, 7) is 0. The Labute approximate surface area is 110 Å². The van der Waals surface area contributed by atoms with Crippen LogP contribution in [0.4, 0.5) is 0 Å². The van der Waals surface area contributed by atoms with Crippen molar-refractivity contribution in [2.24, 2.45) is 0 Å². The standard InChI is InChI=1S/C13H13ClO4/c14-8-5-6-10(15)9(7-8)13(17)18-12-4-2-1-3-11(12)16/h5-7,12,15H,1-4H2/t12-/m1/s1. The summed E-state index contributed by atoms with van der Waals surface area (Å²) >= 11 is 5.75. The number of carbonyl (C=O) groups excluding carboxylic acids is 2. The maximum absolute atomic E-state index is 11.8. The lowest BCUT2D eigenvalue weighted by Gasteiger charge is -2.20. The second kappa shape index (κ2) is 5.40. The van der Waals surface area contributed by atoms with Crippen LogP contribution in [0.25, 0.3) is 0 Å². The Morgan fingerprint density at radius 1 is 1.39 bits per heavy atom. The van der Waals surface area contributed by atoms with Crippen LogP contribution in [0, 0.1) is 0 Å². The highest BCUT2D eigenvalue weighted by Gasteiger charge is 2.27. The summed E-state index contributed by atoms with van der Waals surface area (Å²) < 4.78 is 5.12. The molecular formula is C13H13ClO4. The van der Waals surface area contributed by atoms with Crippen molar-refractivity contribution in [3.05, 3.63) is 28.8 Å². The smallest absolute Gasteiger partial charge is 0.342 e. The van der Waals surface area contributed by atoms with Crippen LogP contribution in [-0.2, 0) is 9.53 Å². The van der Waals surface area contributed by atoms with E-state index in [4.69, 9.17) is 16.3 Å². The van der Waals surface area contributed by atoms with E-state index < -0.39 is 12.1 Å². The molecule has 0 aromatic heterocycles. The highest BCUT2D eigenvalue weighted by atomic mass is 35.5. The molecule has 18 heavy (non-hydrogen) atoms. The normalized spacial score (nSPS) is 19.6. The third kappa shape index (κ3) is 2.82. The summed E-state index contributed by atoms with van der Waals surface area (Å²) in [6.07, 6.45) is 2.01. The van der Waals surface area contributed by atoms with E-state index in [1.807, 2.05) is 0 Å². The molecule has 1 aliphatic rings. The number of hydrogen-bond donors (Lipinski definition) is 1. The van der Waals surface area contributed by atoms with E-state index in [9.17, 15) is 14.7 Å². The second-order valence-corrected chi connectivity index (χ2v) is 4.70. The van der Waals surface area contributed by atoms with Crippen molar-refractivity contribution >= 4 is 23.4 Å². The van der Waals surface area contributed by atoms with Gasteiger partial charge in [0.05, 0.1) is 0 Å². The SMILES string of the molecule is O=C(O[C@@H]1CCCCC1=O)c1cc(Cl)ccc1O. The molecule has 0 bridgehead atoms. The molecular weight excluding hydrogens is 256 g/mol. The molecule has 1 aromatic carbocycles. The Balaban J connectivity index is 2.11. The molecule has 96 valence electrons. The van der Waals surface area contributed by atoms with Gasteiger partial charge in [-0.2, -0.15) is 0 Å². The van der Waals surface area contributed by atoms with Crippen molar-refractivity contribution in [1.29, 1.82) is 0 Å². The van der Waals surface area contributed by atoms with Gasteiger partial charge in [-0.3, -0.25) is 4.79 Å². The zero-order valence-electron chi connectivity index (χ0n) is 9.69. The minimum Gasteiger partial charge on any atom is -0.507 e. The zero-order valence-corrected chi connectivity index (χ0v) is 10.4. The molecule has 0 unspecified atom stereocenters. The van der Waals surface area contributed by atoms with Crippen LogP contribution in [0.2, 0.25) is 5.02 Å². The molecule has 0 aliphatic heterocycles. The predicted molar refractivity (Wildman–Crippen MR) is 65.8 cm³/mol. The van der Waals surface area contributed by atoms with E-state index in [2.05, 4.69) is 0 Å². The summed E-state index contributed by atoms with van der Waals surface area (Å²) in [5, 5.41) is 9.88. The van der Waals surface area contributed by atoms with Crippen molar-refractivity contribution in [2.75, 3.05) is 0 Å². The number of hydrogen-bond acceptors (Lipinski definition) is 4. The Bertz CT molecular complexity index is 484. The number of ether oxygens (including phenoxy) is 1. The molecule has 1 aliphatic carbocycles. The van der Waals surface area contributed by atoms with Crippen LogP contribution >= 0.6 is 11.6 Å². The summed E-state index contributed by atoms with van der Waals surface area (Å²) in [4.78, 5) is 23.4. The van der Waals surface area contributed by atoms with Crippen LogP contribution in [0.1, 0.15) is 36.0 Å². The van der Waals surface area contributed by atoms with E-state index >= 15 is 0 Å². The lowest BCUT2D eigenvalue weighted by Crippen LogP contribution is -2.30. The number of benzene rings is 1. The highest BCUT2D eigenvalue weighted by Crippen LogP contribution is 2.24. The number of esters is 1. The molecule has 1 fully saturated rings. The molecule has 0 saturated heterocycles. The van der Waals surface area contributed by atoms with Crippen LogP contribution in [-0.4, -0.2) is 23.0 Å². The number of halogens is 1. The summed E-state index contributed by atoms with van der Waals surface area (Å²) in [5.74, 6) is -0.973. The van der Waals surface area contributed by atoms with Crippen molar-refractivity contribution in [3.63, 3.8) is 0 Å². The predicted octanol–water partition coefficient (Wildman–Crippen LogP) is 2.71. The third-order valence-electron chi connectivity index (χ3n) is 2.93. The number of phenolic OH excluding ortho intramolecular Hbond substituents is 1. The van der Waals surface area contributed by atoms with Crippen LogP contribution in [0.5, 0.6) is 5.75 Å². The number of rotatable bonds is 2. The Morgan fingerprint density at radius 2 is 2.17 bits per heavy atom. The summed E-state index contributed by atoms with van der Waals surface area (Å²) in [5.41, 5.74) is -0.0131. The minimum atomic E-state index is -0.713. The lowest BCUT2D eigenvalue weighted by atomic mass is 9.96. The van der Waals surface area contributed by atoms with Gasteiger partial charge in [0.15, 0.2) is 11.9 Å². The Kier molecular flexibility index (Phi) is 3.87. The largest absolute Gasteiger partial charge is 0.507 e. The monoisotopic (exact) mass is 268 g/mol. The zero-order chi connectivity index (χ0) is 13.1. The minimum absolute atomic E-state index is 0.0131. The average molecular weight is 269 g/mol. The molecule has 2 rings (SSSR count). The van der Waals surface area contributed by atoms with Crippen LogP contribution in [0.3, 0.4) is 0 Å². The first-order chi connectivity index (χ1) is 8.58. The Hall–Kier alpha value is -1.55. The van der Waals surface area contributed by atoms with Gasteiger partial charge in [0, 0.05) is 11.4 Å². The molecule has 0 amide bonds. The molecule has 1 atom stereocenters. The van der Waals surface area contributed by atoms with Crippen LogP contribution < -0.4 is 0 Å². The molecule has 0 spiro atoms. The van der Waals surface area contributed by atoms with Crippen molar-refractivity contribution < 1.29 is 19.4 Å². The quantitative estimate of drug-likeness (QED) is 0.838. The van der Waals surface area contributed by atoms with Crippen molar-refractivity contribution in [1.82, 2.24) is 0 Å². The van der Waals surface area contributed by atoms with E-state index in [0.29, 0.717) is 17.9 Å². The van der Waals surface area contributed by atoms with Crippen molar-refractivity contribution in [3.8, 4) is 5.75 Å². The third-order valence-corrected chi connectivity index (χ3v) is 3.16. The average Bonchev–Trinajstić information content (AvgIpc) is 2.35. The van der Waals surface area contributed by atoms with Gasteiger partial charge in [-0.15, -0.1) is 0 Å². The second-order valence-electron chi connectivity index (χ2n) is 4.27. The van der Waals surface area contributed by atoms with E-state index in [0.717, 1.165) is 12.8 Å². The van der Waals surface area contributed by atoms with Gasteiger partial charge in [-0.1, -0.05) is 11.6 Å². The first-order valence-electron chi connectivity index (χ1n) is 5.80. The van der Waals surface area contributed by atoms with E-state index in [1.54, 1.807) is 0 Å². The molecule has 1 aromatic rings. The van der Waals surface area contributed by atoms with Gasteiger partial charge in [0.25, 0.3) is 0 Å². The van der Waals surface area contributed by atoms with Crippen molar-refractivity contribution in [2.45, 2.75) is 31.8 Å². The van der Waals surface area contributed by atoms with Gasteiger partial charge < -0.3 is 9.84 Å². The first kappa shape index (κ1) is 12.9. The maximum Gasteiger partial charge on any atom is 0.342 e. The Morgan fingerprint density at radius 3 is 2.89 bits per heavy atom. The van der Waals surface area contributed by atoms with Gasteiger partial charge in [0.1, 0.15) is 11.3 Å². The molecule has 5 heteroatoms. The van der Waals surface area contributed by atoms with Gasteiger partial charge in [0.2, 0.25) is 0 Å². The fourth-order valence-corrected chi connectivity index (χ4v) is 2.11. The molecule has 1 N–H and O–H groups in total. The number of Topliss-reactive ketones (excluding diaryl/α,β-unsaturated/α-hetero) is 1. The lowest BCUT2D eigenvalue weighted by molar-refractivity contribution is -0.129. The highest BCUT2D eigenvalue weighted by molar-refractivity contribution is 6.31. The number of carbonyl (C=O) groups is 2. The molecule has 4 nitrogen and oxygen atoms in total. The molecule has 0 radical (unpaired) electrons. The van der Waals surface area contributed by atoms with Gasteiger partial charge in [-0.05, 0) is 37.5 Å².